The van der Waals surface area contributed by atoms with Gasteiger partial charge in [-0.25, -0.2) is 0 Å². The first kappa shape index (κ1) is 16.7. The molecular formula is C15H21Br2NO. The van der Waals surface area contributed by atoms with Crippen molar-refractivity contribution < 1.29 is 4.74 Å². The average molecular weight is 391 g/mol. The van der Waals surface area contributed by atoms with E-state index in [4.69, 9.17) is 4.74 Å². The first-order valence-electron chi connectivity index (χ1n) is 6.43. The van der Waals surface area contributed by atoms with Crippen LogP contribution in [0.4, 0.5) is 0 Å². The fourth-order valence-corrected chi connectivity index (χ4v) is 3.21. The summed E-state index contributed by atoms with van der Waals surface area (Å²) in [7, 11) is 1.70. The normalized spacial score (nSPS) is 12.1. The van der Waals surface area contributed by atoms with Gasteiger partial charge in [-0.15, -0.1) is 0 Å². The fraction of sp³-hybridized carbons (Fsp3) is 0.467. The highest BCUT2D eigenvalue weighted by Crippen LogP contribution is 2.34. The van der Waals surface area contributed by atoms with Crippen LogP contribution < -0.4 is 10.1 Å². The number of methoxy groups -OCH3 is 1. The molecule has 1 aromatic carbocycles. The molecule has 0 atom stereocenters. The SMILES string of the molecule is CCNCC(=Cc1cc(Br)cc(Br)c1OC)C(C)C. The number of rotatable bonds is 6. The zero-order chi connectivity index (χ0) is 14.4. The molecule has 0 heterocycles. The van der Waals surface area contributed by atoms with Gasteiger partial charge < -0.3 is 10.1 Å². The third-order valence-corrected chi connectivity index (χ3v) is 3.95. The molecule has 0 bridgehead atoms. The van der Waals surface area contributed by atoms with Crippen LogP contribution >= 0.6 is 31.9 Å². The maximum absolute atomic E-state index is 5.48. The summed E-state index contributed by atoms with van der Waals surface area (Å²) in [6.07, 6.45) is 2.21. The van der Waals surface area contributed by atoms with Gasteiger partial charge >= 0.3 is 0 Å². The van der Waals surface area contributed by atoms with Crippen LogP contribution in [0.3, 0.4) is 0 Å². The van der Waals surface area contributed by atoms with Gasteiger partial charge in [0.15, 0.2) is 0 Å². The second-order valence-electron chi connectivity index (χ2n) is 4.66. The molecule has 0 aliphatic heterocycles. The third-order valence-electron chi connectivity index (χ3n) is 2.90. The van der Waals surface area contributed by atoms with Crippen LogP contribution in [-0.4, -0.2) is 20.2 Å². The van der Waals surface area contributed by atoms with E-state index in [0.717, 1.165) is 33.3 Å². The lowest BCUT2D eigenvalue weighted by molar-refractivity contribution is 0.411. The van der Waals surface area contributed by atoms with Crippen molar-refractivity contribution in [3.05, 3.63) is 32.2 Å². The molecule has 0 radical (unpaired) electrons. The molecule has 19 heavy (non-hydrogen) atoms. The number of benzene rings is 1. The zero-order valence-corrected chi connectivity index (χ0v) is 15.1. The van der Waals surface area contributed by atoms with Crippen LogP contribution in [0.1, 0.15) is 26.3 Å². The van der Waals surface area contributed by atoms with E-state index in [1.165, 1.54) is 5.57 Å². The summed E-state index contributed by atoms with van der Waals surface area (Å²) in [5.41, 5.74) is 2.45. The Hall–Kier alpha value is -0.320. The van der Waals surface area contributed by atoms with Gasteiger partial charge in [0, 0.05) is 16.6 Å². The molecule has 0 fully saturated rings. The number of nitrogens with one attached hydrogen (secondary N) is 1. The highest BCUT2D eigenvalue weighted by atomic mass is 79.9. The molecule has 0 aromatic heterocycles. The highest BCUT2D eigenvalue weighted by molar-refractivity contribution is 9.11. The standard InChI is InChI=1S/C15H21Br2NO/c1-5-18-9-12(10(2)3)6-11-7-13(16)8-14(17)15(11)19-4/h6-8,10,18H,5,9H2,1-4H3. The highest BCUT2D eigenvalue weighted by Gasteiger charge is 2.10. The Labute approximate surface area is 132 Å². The van der Waals surface area contributed by atoms with E-state index in [1.54, 1.807) is 7.11 Å². The summed E-state index contributed by atoms with van der Waals surface area (Å²) >= 11 is 7.06. The van der Waals surface area contributed by atoms with Crippen LogP contribution in [0, 0.1) is 5.92 Å². The van der Waals surface area contributed by atoms with Crippen molar-refractivity contribution in [2.45, 2.75) is 20.8 Å². The number of ether oxygens (including phenoxy) is 1. The maximum Gasteiger partial charge on any atom is 0.140 e. The minimum absolute atomic E-state index is 0.501. The Balaban J connectivity index is 3.18. The van der Waals surface area contributed by atoms with Crippen LogP contribution in [0.2, 0.25) is 0 Å². The van der Waals surface area contributed by atoms with Crippen molar-refractivity contribution >= 4 is 37.9 Å². The van der Waals surface area contributed by atoms with E-state index in [9.17, 15) is 0 Å². The second kappa shape index (κ2) is 8.08. The molecule has 4 heteroatoms. The molecule has 1 rings (SSSR count). The second-order valence-corrected chi connectivity index (χ2v) is 6.43. The lowest BCUT2D eigenvalue weighted by atomic mass is 10.00. The van der Waals surface area contributed by atoms with E-state index in [0.29, 0.717) is 5.92 Å². The Morgan fingerprint density at radius 1 is 1.37 bits per heavy atom. The van der Waals surface area contributed by atoms with Crippen LogP contribution in [-0.2, 0) is 0 Å². The molecule has 2 nitrogen and oxygen atoms in total. The Morgan fingerprint density at radius 3 is 2.58 bits per heavy atom. The van der Waals surface area contributed by atoms with E-state index in [1.807, 2.05) is 6.07 Å². The summed E-state index contributed by atoms with van der Waals surface area (Å²) in [5.74, 6) is 1.37. The molecule has 0 unspecified atom stereocenters. The monoisotopic (exact) mass is 389 g/mol. The summed E-state index contributed by atoms with van der Waals surface area (Å²) in [6.45, 7) is 8.42. The Bertz CT molecular complexity index is 456. The van der Waals surface area contributed by atoms with Gasteiger partial charge in [0.1, 0.15) is 5.75 Å². The smallest absolute Gasteiger partial charge is 0.140 e. The lowest BCUT2D eigenvalue weighted by Gasteiger charge is -2.14. The van der Waals surface area contributed by atoms with Crippen molar-refractivity contribution in [2.24, 2.45) is 5.92 Å². The summed E-state index contributed by atoms with van der Waals surface area (Å²) in [6, 6.07) is 4.08. The Kier molecular flexibility index (Phi) is 7.11. The quantitative estimate of drug-likeness (QED) is 0.748. The van der Waals surface area contributed by atoms with Gasteiger partial charge in [-0.05, 0) is 40.5 Å². The number of hydrogen-bond acceptors (Lipinski definition) is 2. The van der Waals surface area contributed by atoms with Crippen LogP contribution in [0.15, 0.2) is 26.7 Å². The van der Waals surface area contributed by atoms with Gasteiger partial charge in [-0.3, -0.25) is 0 Å². The molecule has 1 aromatic rings. The minimum atomic E-state index is 0.501. The largest absolute Gasteiger partial charge is 0.495 e. The molecule has 0 saturated heterocycles. The van der Waals surface area contributed by atoms with Crippen LogP contribution in [0.25, 0.3) is 6.08 Å². The van der Waals surface area contributed by atoms with Gasteiger partial charge in [0.25, 0.3) is 0 Å². The number of halogens is 2. The number of likely N-dealkylation sites (N-methyl/N-ethyl adjacent to an activating group) is 1. The molecule has 0 aliphatic carbocycles. The summed E-state index contributed by atoms with van der Waals surface area (Å²) in [5, 5.41) is 3.38. The van der Waals surface area contributed by atoms with Crippen molar-refractivity contribution in [3.63, 3.8) is 0 Å². The molecule has 0 amide bonds. The third kappa shape index (κ3) is 4.93. The van der Waals surface area contributed by atoms with E-state index >= 15 is 0 Å². The average Bonchev–Trinajstić information content (AvgIpc) is 2.33. The molecule has 0 saturated carbocycles. The Morgan fingerprint density at radius 2 is 2.05 bits per heavy atom. The van der Waals surface area contributed by atoms with Gasteiger partial charge in [0.05, 0.1) is 11.6 Å². The summed E-state index contributed by atoms with van der Waals surface area (Å²) in [4.78, 5) is 0. The number of hydrogen-bond donors (Lipinski definition) is 1. The van der Waals surface area contributed by atoms with Crippen LogP contribution in [0.5, 0.6) is 5.75 Å². The van der Waals surface area contributed by atoms with E-state index < -0.39 is 0 Å². The molecule has 0 aliphatic rings. The van der Waals surface area contributed by atoms with E-state index in [2.05, 4.69) is 70.1 Å². The zero-order valence-electron chi connectivity index (χ0n) is 11.9. The minimum Gasteiger partial charge on any atom is -0.495 e. The molecule has 1 N–H and O–H groups in total. The molecule has 106 valence electrons. The molecular weight excluding hydrogens is 370 g/mol. The van der Waals surface area contributed by atoms with Crippen molar-refractivity contribution in [1.82, 2.24) is 5.32 Å². The van der Waals surface area contributed by atoms with Crippen molar-refractivity contribution in [2.75, 3.05) is 20.2 Å². The van der Waals surface area contributed by atoms with Gasteiger partial charge in [-0.1, -0.05) is 48.4 Å². The lowest BCUT2D eigenvalue weighted by Crippen LogP contribution is -2.18. The fourth-order valence-electron chi connectivity index (χ4n) is 1.79. The van der Waals surface area contributed by atoms with Crippen molar-refractivity contribution in [3.8, 4) is 5.75 Å². The maximum atomic E-state index is 5.48. The first-order chi connectivity index (χ1) is 8.99. The predicted molar refractivity (Wildman–Crippen MR) is 89.8 cm³/mol. The van der Waals surface area contributed by atoms with Gasteiger partial charge in [-0.2, -0.15) is 0 Å². The first-order valence-corrected chi connectivity index (χ1v) is 8.02. The van der Waals surface area contributed by atoms with E-state index in [-0.39, 0.29) is 0 Å². The molecule has 0 spiro atoms. The predicted octanol–water partition coefficient (Wildman–Crippen LogP) is 4.87. The summed E-state index contributed by atoms with van der Waals surface area (Å²) < 4.78 is 7.48. The van der Waals surface area contributed by atoms with Gasteiger partial charge in [0.2, 0.25) is 0 Å². The topological polar surface area (TPSA) is 21.3 Å². The van der Waals surface area contributed by atoms with Crippen molar-refractivity contribution in [1.29, 1.82) is 0 Å².